The molecule has 0 saturated heterocycles. The molecule has 120 valence electrons. The van der Waals surface area contributed by atoms with Gasteiger partial charge in [0.2, 0.25) is 5.91 Å². The highest BCUT2D eigenvalue weighted by Gasteiger charge is 2.17. The number of benzene rings is 2. The number of carbonyl (C=O) groups excluding carboxylic acids is 2. The van der Waals surface area contributed by atoms with Crippen LogP contribution in [0, 0.1) is 13.8 Å². The molecule has 0 aliphatic rings. The van der Waals surface area contributed by atoms with Crippen molar-refractivity contribution >= 4 is 17.5 Å². The molecule has 0 aliphatic heterocycles. The van der Waals surface area contributed by atoms with E-state index in [0.717, 1.165) is 11.1 Å². The van der Waals surface area contributed by atoms with Gasteiger partial charge in [-0.2, -0.15) is 0 Å². The second-order valence-electron chi connectivity index (χ2n) is 5.42. The van der Waals surface area contributed by atoms with E-state index >= 15 is 0 Å². The van der Waals surface area contributed by atoms with Gasteiger partial charge in [-0.25, -0.2) is 0 Å². The number of rotatable bonds is 5. The van der Waals surface area contributed by atoms with Crippen LogP contribution in [0.25, 0.3) is 0 Å². The minimum atomic E-state index is -0.674. The molecule has 0 aliphatic carbocycles. The maximum absolute atomic E-state index is 12.3. The van der Waals surface area contributed by atoms with Crippen LogP contribution in [-0.2, 0) is 4.79 Å². The smallest absolute Gasteiger partial charge is 0.265 e. The summed E-state index contributed by atoms with van der Waals surface area (Å²) in [4.78, 5) is 23.4. The van der Waals surface area contributed by atoms with E-state index in [4.69, 9.17) is 10.5 Å². The van der Waals surface area contributed by atoms with Crippen LogP contribution in [-0.4, -0.2) is 17.9 Å². The van der Waals surface area contributed by atoms with Crippen molar-refractivity contribution in [3.8, 4) is 5.75 Å². The highest BCUT2D eigenvalue weighted by molar-refractivity contribution is 5.97. The molecule has 0 radical (unpaired) electrons. The van der Waals surface area contributed by atoms with Gasteiger partial charge in [0.05, 0.1) is 0 Å². The molecule has 23 heavy (non-hydrogen) atoms. The van der Waals surface area contributed by atoms with E-state index in [2.05, 4.69) is 5.32 Å². The number of hydrogen-bond acceptors (Lipinski definition) is 3. The molecule has 5 nitrogen and oxygen atoms in total. The number of ether oxygens (including phenoxy) is 1. The summed E-state index contributed by atoms with van der Waals surface area (Å²) in [6.45, 7) is 5.55. The molecule has 1 atom stereocenters. The summed E-state index contributed by atoms with van der Waals surface area (Å²) >= 11 is 0. The Labute approximate surface area is 135 Å². The summed E-state index contributed by atoms with van der Waals surface area (Å²) in [5.41, 5.74) is 8.02. The molecule has 0 saturated carbocycles. The maximum Gasteiger partial charge on any atom is 0.265 e. The molecular weight excluding hydrogens is 292 g/mol. The van der Waals surface area contributed by atoms with Gasteiger partial charge in [-0.05, 0) is 50.1 Å². The van der Waals surface area contributed by atoms with E-state index in [9.17, 15) is 9.59 Å². The quantitative estimate of drug-likeness (QED) is 0.890. The number of primary amides is 1. The number of carbonyl (C=O) groups is 2. The molecule has 5 heteroatoms. The van der Waals surface area contributed by atoms with Gasteiger partial charge in [0, 0.05) is 11.3 Å². The molecule has 0 bridgehead atoms. The van der Waals surface area contributed by atoms with Crippen LogP contribution >= 0.6 is 0 Å². The topological polar surface area (TPSA) is 81.4 Å². The Morgan fingerprint density at radius 3 is 2.30 bits per heavy atom. The summed E-state index contributed by atoms with van der Waals surface area (Å²) in [6, 6.07) is 12.3. The predicted molar refractivity (Wildman–Crippen MR) is 89.6 cm³/mol. The van der Waals surface area contributed by atoms with Gasteiger partial charge in [-0.1, -0.05) is 24.3 Å². The third-order valence-electron chi connectivity index (χ3n) is 3.49. The van der Waals surface area contributed by atoms with Crippen molar-refractivity contribution in [3.63, 3.8) is 0 Å². The lowest BCUT2D eigenvalue weighted by molar-refractivity contribution is -0.122. The summed E-state index contributed by atoms with van der Waals surface area (Å²) in [5, 5.41) is 2.72. The van der Waals surface area contributed by atoms with Crippen LogP contribution in [0.15, 0.2) is 42.5 Å². The summed E-state index contributed by atoms with van der Waals surface area (Å²) < 4.78 is 5.78. The van der Waals surface area contributed by atoms with E-state index in [1.54, 1.807) is 25.1 Å². The van der Waals surface area contributed by atoms with Gasteiger partial charge in [-0.3, -0.25) is 9.59 Å². The lowest BCUT2D eigenvalue weighted by Crippen LogP contribution is -2.30. The van der Waals surface area contributed by atoms with Crippen LogP contribution < -0.4 is 15.8 Å². The van der Waals surface area contributed by atoms with E-state index in [-0.39, 0.29) is 5.91 Å². The number of nitrogens with one attached hydrogen (secondary N) is 1. The van der Waals surface area contributed by atoms with Gasteiger partial charge < -0.3 is 15.8 Å². The maximum atomic E-state index is 12.3. The second kappa shape index (κ2) is 6.96. The molecule has 1 unspecified atom stereocenters. The van der Waals surface area contributed by atoms with Crippen molar-refractivity contribution in [3.05, 3.63) is 59.2 Å². The molecule has 0 aromatic heterocycles. The highest BCUT2D eigenvalue weighted by atomic mass is 16.5. The normalized spacial score (nSPS) is 11.6. The van der Waals surface area contributed by atoms with Gasteiger partial charge in [0.15, 0.2) is 6.10 Å². The minimum absolute atomic E-state index is 0.297. The van der Waals surface area contributed by atoms with Crippen molar-refractivity contribution in [1.29, 1.82) is 0 Å². The molecular formula is C18H20N2O3. The van der Waals surface area contributed by atoms with Crippen LogP contribution in [0.5, 0.6) is 5.75 Å². The Morgan fingerprint density at radius 2 is 1.70 bits per heavy atom. The van der Waals surface area contributed by atoms with E-state index < -0.39 is 12.0 Å². The van der Waals surface area contributed by atoms with E-state index in [1.807, 2.05) is 32.0 Å². The molecule has 2 rings (SSSR count). The Kier molecular flexibility index (Phi) is 5.01. The lowest BCUT2D eigenvalue weighted by atomic mass is 10.1. The van der Waals surface area contributed by atoms with Crippen molar-refractivity contribution in [2.24, 2.45) is 5.73 Å². The fraction of sp³-hybridized carbons (Fsp3) is 0.222. The first-order chi connectivity index (χ1) is 10.9. The van der Waals surface area contributed by atoms with Crippen molar-refractivity contribution < 1.29 is 14.3 Å². The van der Waals surface area contributed by atoms with Crippen molar-refractivity contribution in [2.45, 2.75) is 26.9 Å². The monoisotopic (exact) mass is 312 g/mol. The third-order valence-corrected chi connectivity index (χ3v) is 3.49. The van der Waals surface area contributed by atoms with Crippen LogP contribution in [0.4, 0.5) is 5.69 Å². The molecule has 2 aromatic rings. The Hall–Kier alpha value is -2.82. The minimum Gasteiger partial charge on any atom is -0.480 e. The Bertz CT molecular complexity index is 721. The summed E-state index contributed by atoms with van der Waals surface area (Å²) in [6.07, 6.45) is -0.674. The fourth-order valence-electron chi connectivity index (χ4n) is 2.21. The molecule has 3 N–H and O–H groups in total. The molecule has 2 aromatic carbocycles. The predicted octanol–water partition coefficient (Wildman–Crippen LogP) is 2.81. The summed E-state index contributed by atoms with van der Waals surface area (Å²) in [7, 11) is 0. The third kappa shape index (κ3) is 4.10. The van der Waals surface area contributed by atoms with Gasteiger partial charge in [0.25, 0.3) is 5.91 Å². The van der Waals surface area contributed by atoms with Gasteiger partial charge in [-0.15, -0.1) is 0 Å². The van der Waals surface area contributed by atoms with Crippen molar-refractivity contribution in [1.82, 2.24) is 0 Å². The van der Waals surface area contributed by atoms with Gasteiger partial charge in [0.1, 0.15) is 5.75 Å². The largest absolute Gasteiger partial charge is 0.480 e. The standard InChI is InChI=1S/C18H20N2O3/c1-11-6-4-7-12(2)16(11)23-13(3)18(22)20-15-9-5-8-14(10-15)17(19)21/h4-10,13H,1-3H3,(H2,19,21)(H,20,22). The number of amides is 2. The van der Waals surface area contributed by atoms with E-state index in [0.29, 0.717) is 17.0 Å². The lowest BCUT2D eigenvalue weighted by Gasteiger charge is -2.18. The zero-order valence-electron chi connectivity index (χ0n) is 13.4. The average molecular weight is 312 g/mol. The molecule has 0 heterocycles. The first-order valence-corrected chi connectivity index (χ1v) is 7.32. The van der Waals surface area contributed by atoms with Crippen LogP contribution in [0.3, 0.4) is 0 Å². The first-order valence-electron chi connectivity index (χ1n) is 7.32. The number of hydrogen-bond donors (Lipinski definition) is 2. The number of para-hydroxylation sites is 1. The van der Waals surface area contributed by atoms with Gasteiger partial charge >= 0.3 is 0 Å². The average Bonchev–Trinajstić information content (AvgIpc) is 2.51. The van der Waals surface area contributed by atoms with Crippen LogP contribution in [0.2, 0.25) is 0 Å². The molecule has 2 amide bonds. The zero-order valence-corrected chi connectivity index (χ0v) is 13.4. The Morgan fingerprint density at radius 1 is 1.09 bits per heavy atom. The first kappa shape index (κ1) is 16.5. The highest BCUT2D eigenvalue weighted by Crippen LogP contribution is 2.23. The Balaban J connectivity index is 2.08. The van der Waals surface area contributed by atoms with Crippen molar-refractivity contribution in [2.75, 3.05) is 5.32 Å². The number of aryl methyl sites for hydroxylation is 2. The molecule has 0 spiro atoms. The molecule has 0 fully saturated rings. The van der Waals surface area contributed by atoms with Crippen LogP contribution in [0.1, 0.15) is 28.4 Å². The number of nitrogens with two attached hydrogens (primary N) is 1. The number of anilines is 1. The van der Waals surface area contributed by atoms with E-state index in [1.165, 1.54) is 6.07 Å². The second-order valence-corrected chi connectivity index (χ2v) is 5.42. The zero-order chi connectivity index (χ0) is 17.0. The SMILES string of the molecule is Cc1cccc(C)c1OC(C)C(=O)Nc1cccc(C(N)=O)c1. The fourth-order valence-corrected chi connectivity index (χ4v) is 2.21. The summed E-state index contributed by atoms with van der Waals surface area (Å²) in [5.74, 6) is -0.128.